The van der Waals surface area contributed by atoms with E-state index in [1.165, 1.54) is 11.1 Å². The fraction of sp³-hybridized carbons (Fsp3) is 0. The number of fused-ring (bicyclic) bond motifs is 1. The van der Waals surface area contributed by atoms with E-state index < -0.39 is 0 Å². The smallest absolute Gasteiger partial charge is 0.0100 e. The van der Waals surface area contributed by atoms with Crippen LogP contribution in [0.15, 0.2) is 41.2 Å². The molecule has 0 aromatic heterocycles. The van der Waals surface area contributed by atoms with Crippen LogP contribution in [-0.2, 0) is 0 Å². The molecule has 2 rings (SSSR count). The Kier molecular flexibility index (Phi) is 0.350. The Morgan fingerprint density at radius 3 is 1.86 bits per heavy atom. The number of hydrogen-bond acceptors (Lipinski definition) is 0. The lowest BCUT2D eigenvalue weighted by Gasteiger charge is -2.02. The van der Waals surface area contributed by atoms with Crippen molar-refractivity contribution in [3.8, 4) is 0 Å². The van der Waals surface area contributed by atoms with Crippen molar-refractivity contribution in [2.75, 3.05) is 0 Å². The van der Waals surface area contributed by atoms with Crippen LogP contribution in [0.1, 0.15) is 0 Å². The fourth-order valence-corrected chi connectivity index (χ4v) is 0.760. The van der Waals surface area contributed by atoms with Crippen molar-refractivity contribution in [2.45, 2.75) is 0 Å². The predicted molar refractivity (Wildman–Crippen MR) is 28.8 cm³/mol. The molecule has 0 aromatic rings. The van der Waals surface area contributed by atoms with Gasteiger partial charge in [0.05, 0.1) is 0 Å². The SMILES string of the molecule is C1=CC2=CC=C2C=1. The van der Waals surface area contributed by atoms with Crippen LogP contribution in [0.3, 0.4) is 0 Å². The molecule has 2 aliphatic carbocycles. The van der Waals surface area contributed by atoms with Crippen molar-refractivity contribution in [1.29, 1.82) is 0 Å². The third kappa shape index (κ3) is 0.230. The minimum Gasteiger partial charge on any atom is -0.120 e. The van der Waals surface area contributed by atoms with Crippen molar-refractivity contribution in [3.05, 3.63) is 41.2 Å². The van der Waals surface area contributed by atoms with Gasteiger partial charge in [0, 0.05) is 0 Å². The van der Waals surface area contributed by atoms with E-state index >= 15 is 0 Å². The first-order valence-corrected chi connectivity index (χ1v) is 2.32. The van der Waals surface area contributed by atoms with Crippen LogP contribution in [0.5, 0.6) is 0 Å². The van der Waals surface area contributed by atoms with Gasteiger partial charge in [0.1, 0.15) is 0 Å². The lowest BCUT2D eigenvalue weighted by molar-refractivity contribution is 1.51. The monoisotopic (exact) mass is 88.0 g/mol. The van der Waals surface area contributed by atoms with Gasteiger partial charge < -0.3 is 0 Å². The largest absolute Gasteiger partial charge is 0.120 e. The second kappa shape index (κ2) is 0.800. The second-order valence-corrected chi connectivity index (χ2v) is 1.70. The molecule has 0 unspecified atom stereocenters. The van der Waals surface area contributed by atoms with Gasteiger partial charge in [0.15, 0.2) is 0 Å². The van der Waals surface area contributed by atoms with E-state index in [1.54, 1.807) is 0 Å². The summed E-state index contributed by atoms with van der Waals surface area (Å²) in [6.07, 6.45) is 8.17. The zero-order valence-corrected chi connectivity index (χ0v) is 3.81. The minimum absolute atomic E-state index is 1.33. The molecule has 0 fully saturated rings. The second-order valence-electron chi connectivity index (χ2n) is 1.70. The normalized spacial score (nSPS) is 20.6. The topological polar surface area (TPSA) is 0 Å². The van der Waals surface area contributed by atoms with E-state index in [2.05, 4.69) is 17.9 Å². The van der Waals surface area contributed by atoms with Gasteiger partial charge in [0.25, 0.3) is 0 Å². The van der Waals surface area contributed by atoms with Crippen LogP contribution in [0, 0.1) is 0 Å². The third-order valence-corrected chi connectivity index (χ3v) is 1.25. The van der Waals surface area contributed by atoms with E-state index in [4.69, 9.17) is 0 Å². The molecule has 0 amide bonds. The molecule has 0 nitrogen and oxygen atoms in total. The van der Waals surface area contributed by atoms with Crippen LogP contribution in [0.4, 0.5) is 0 Å². The van der Waals surface area contributed by atoms with Gasteiger partial charge in [-0.3, -0.25) is 0 Å². The zero-order valence-electron chi connectivity index (χ0n) is 3.81. The zero-order chi connectivity index (χ0) is 4.69. The lowest BCUT2D eigenvalue weighted by Crippen LogP contribution is -1.84. The Labute approximate surface area is 42.2 Å². The van der Waals surface area contributed by atoms with Gasteiger partial charge in [-0.25, -0.2) is 0 Å². The molecule has 0 heterocycles. The highest BCUT2D eigenvalue weighted by Crippen LogP contribution is 2.24. The Hall–Kier alpha value is -1.00. The van der Waals surface area contributed by atoms with Gasteiger partial charge in [-0.2, -0.15) is 0 Å². The van der Waals surface area contributed by atoms with Crippen molar-refractivity contribution in [1.82, 2.24) is 0 Å². The number of rotatable bonds is 0. The molecule has 0 aromatic carbocycles. The Balaban J connectivity index is 2.62. The quantitative estimate of drug-likeness (QED) is 0.394. The average Bonchev–Trinajstić information content (AvgIpc) is 1.85. The Morgan fingerprint density at radius 1 is 1.00 bits per heavy atom. The number of allylic oxidation sites excluding steroid dienone is 5. The average molecular weight is 88.1 g/mol. The molecule has 7 heavy (non-hydrogen) atoms. The Bertz CT molecular complexity index is 198. The van der Waals surface area contributed by atoms with Crippen LogP contribution in [0.2, 0.25) is 0 Å². The number of hydrogen-bond donors (Lipinski definition) is 0. The first-order valence-electron chi connectivity index (χ1n) is 2.32. The van der Waals surface area contributed by atoms with E-state index in [-0.39, 0.29) is 0 Å². The highest BCUT2D eigenvalue weighted by Gasteiger charge is 2.06. The van der Waals surface area contributed by atoms with E-state index in [0.29, 0.717) is 0 Å². The van der Waals surface area contributed by atoms with Crippen LogP contribution < -0.4 is 0 Å². The molecule has 0 bridgehead atoms. The fourth-order valence-electron chi connectivity index (χ4n) is 0.760. The first-order chi connectivity index (χ1) is 3.47. The predicted octanol–water partition coefficient (Wildman–Crippen LogP) is 1.58. The van der Waals surface area contributed by atoms with Gasteiger partial charge >= 0.3 is 0 Å². The van der Waals surface area contributed by atoms with E-state index in [9.17, 15) is 0 Å². The summed E-state index contributed by atoms with van der Waals surface area (Å²) in [5.74, 6) is 0. The van der Waals surface area contributed by atoms with Gasteiger partial charge in [-0.05, 0) is 23.3 Å². The molecule has 0 saturated carbocycles. The summed E-state index contributed by atoms with van der Waals surface area (Å²) in [5.41, 5.74) is 5.66. The summed E-state index contributed by atoms with van der Waals surface area (Å²) in [6, 6.07) is 0. The molecule has 0 N–H and O–H groups in total. The molecule has 0 saturated heterocycles. The van der Waals surface area contributed by atoms with Crippen molar-refractivity contribution in [2.24, 2.45) is 0 Å². The molecule has 0 atom stereocenters. The Morgan fingerprint density at radius 2 is 1.57 bits per heavy atom. The van der Waals surface area contributed by atoms with Crippen molar-refractivity contribution < 1.29 is 0 Å². The molecule has 0 spiro atoms. The summed E-state index contributed by atoms with van der Waals surface area (Å²) in [7, 11) is 0. The summed E-state index contributed by atoms with van der Waals surface area (Å²) in [4.78, 5) is 0. The standard InChI is InChI=1S/C7H4/c1-2-6-4-5-7(6)3-1/h2-5H. The highest BCUT2D eigenvalue weighted by atomic mass is 14.1. The molecule has 32 valence electrons. The maximum Gasteiger partial charge on any atom is -0.0100 e. The van der Waals surface area contributed by atoms with Gasteiger partial charge in [-0.15, -0.1) is 5.73 Å². The highest BCUT2D eigenvalue weighted by molar-refractivity contribution is 5.60. The molecule has 0 heteroatoms. The van der Waals surface area contributed by atoms with E-state index in [0.717, 1.165) is 0 Å². The molecule has 2 aliphatic rings. The summed E-state index contributed by atoms with van der Waals surface area (Å²) in [6.45, 7) is 0. The first kappa shape index (κ1) is 3.06. The van der Waals surface area contributed by atoms with Crippen LogP contribution in [-0.4, -0.2) is 0 Å². The maximum absolute atomic E-state index is 3.00. The molecular formula is C7H4. The molecule has 0 radical (unpaired) electrons. The lowest BCUT2D eigenvalue weighted by atomic mass is 10.0. The molecular weight excluding hydrogens is 84.1 g/mol. The van der Waals surface area contributed by atoms with Crippen molar-refractivity contribution in [3.63, 3.8) is 0 Å². The van der Waals surface area contributed by atoms with E-state index in [1.807, 2.05) is 12.2 Å². The third-order valence-electron chi connectivity index (χ3n) is 1.25. The maximum atomic E-state index is 3.00. The summed E-state index contributed by atoms with van der Waals surface area (Å²) in [5, 5.41) is 0. The minimum atomic E-state index is 1.33. The molecule has 0 aliphatic heterocycles. The van der Waals surface area contributed by atoms with Crippen LogP contribution >= 0.6 is 0 Å². The summed E-state index contributed by atoms with van der Waals surface area (Å²) >= 11 is 0. The van der Waals surface area contributed by atoms with Crippen molar-refractivity contribution >= 4 is 0 Å². The van der Waals surface area contributed by atoms with Gasteiger partial charge in [-0.1, -0.05) is 12.2 Å². The summed E-state index contributed by atoms with van der Waals surface area (Å²) < 4.78 is 0. The van der Waals surface area contributed by atoms with Crippen LogP contribution in [0.25, 0.3) is 0 Å². The van der Waals surface area contributed by atoms with Gasteiger partial charge in [0.2, 0.25) is 0 Å².